The number of nitrogens with one attached hydrogen (secondary N) is 2. The summed E-state index contributed by atoms with van der Waals surface area (Å²) in [5, 5.41) is 6.77. The normalized spacial score (nSPS) is 12.2. The number of rotatable bonds is 6. The lowest BCUT2D eigenvalue weighted by Gasteiger charge is -2.15. The van der Waals surface area contributed by atoms with Crippen molar-refractivity contribution in [3.8, 4) is 0 Å². The highest BCUT2D eigenvalue weighted by molar-refractivity contribution is 6.08. The number of fused-ring (bicyclic) bond motifs is 3. The fourth-order valence-electron chi connectivity index (χ4n) is 4.03. The molecule has 5 rings (SSSR count). The van der Waals surface area contributed by atoms with Crippen LogP contribution in [0.25, 0.3) is 33.2 Å². The van der Waals surface area contributed by atoms with Gasteiger partial charge in [-0.2, -0.15) is 0 Å². The molecule has 1 aromatic heterocycles. The summed E-state index contributed by atoms with van der Waals surface area (Å²) in [7, 11) is 0. The molecule has 0 amide bonds. The quantitative estimate of drug-likeness (QED) is 0.108. The summed E-state index contributed by atoms with van der Waals surface area (Å²) in [6.07, 6.45) is 3.47. The molecule has 0 aliphatic carbocycles. The molecule has 0 fully saturated rings. The maximum absolute atomic E-state index is 6.41. The second-order valence-corrected chi connectivity index (χ2v) is 8.59. The fourth-order valence-corrected chi connectivity index (χ4v) is 4.03. The topological polar surface area (TPSA) is 161 Å². The highest BCUT2D eigenvalue weighted by atomic mass is 15.4. The van der Waals surface area contributed by atoms with E-state index in [1.807, 2.05) is 66.7 Å². The van der Waals surface area contributed by atoms with Crippen molar-refractivity contribution >= 4 is 55.9 Å². The molecule has 36 heavy (non-hydrogen) atoms. The number of H-pyrrole nitrogens is 1. The lowest BCUT2D eigenvalue weighted by atomic mass is 10.0. The third-order valence-corrected chi connectivity index (χ3v) is 6.04. The van der Waals surface area contributed by atoms with Crippen LogP contribution in [0.2, 0.25) is 0 Å². The predicted molar refractivity (Wildman–Crippen MR) is 152 cm³/mol. The SMILES string of the molecule is N/C(=C\Nc1ccc(N)cc1)c1ccc2[nH]c3ccc(/C(N)=C/N(N)c4ccc(N)cc4)cc3c2c1. The van der Waals surface area contributed by atoms with Crippen LogP contribution in [0.15, 0.2) is 97.3 Å². The van der Waals surface area contributed by atoms with Crippen LogP contribution in [0.3, 0.4) is 0 Å². The Morgan fingerprint density at radius 1 is 0.694 bits per heavy atom. The van der Waals surface area contributed by atoms with Gasteiger partial charge in [0.05, 0.1) is 17.1 Å². The molecule has 0 spiro atoms. The van der Waals surface area contributed by atoms with E-state index >= 15 is 0 Å². The van der Waals surface area contributed by atoms with Crippen molar-refractivity contribution in [1.29, 1.82) is 0 Å². The zero-order valence-electron chi connectivity index (χ0n) is 19.6. The summed E-state index contributed by atoms with van der Waals surface area (Å²) < 4.78 is 0. The molecule has 5 aromatic rings. The molecule has 180 valence electrons. The Bertz CT molecular complexity index is 1600. The summed E-state index contributed by atoms with van der Waals surface area (Å²) in [6.45, 7) is 0. The van der Waals surface area contributed by atoms with E-state index in [0.29, 0.717) is 22.8 Å². The van der Waals surface area contributed by atoms with Crippen LogP contribution in [0, 0.1) is 0 Å². The van der Waals surface area contributed by atoms with E-state index in [4.69, 9.17) is 28.8 Å². The van der Waals surface area contributed by atoms with Crippen molar-refractivity contribution in [2.75, 3.05) is 21.8 Å². The van der Waals surface area contributed by atoms with Crippen molar-refractivity contribution in [2.24, 2.45) is 17.3 Å². The third-order valence-electron chi connectivity index (χ3n) is 6.04. The van der Waals surface area contributed by atoms with Gasteiger partial charge in [-0.1, -0.05) is 12.1 Å². The van der Waals surface area contributed by atoms with Gasteiger partial charge in [-0.05, 0) is 83.9 Å². The molecular formula is C28H28N8. The lowest BCUT2D eigenvalue weighted by Crippen LogP contribution is -2.25. The van der Waals surface area contributed by atoms with Crippen molar-refractivity contribution in [2.45, 2.75) is 0 Å². The third kappa shape index (κ3) is 4.61. The first kappa shape index (κ1) is 22.7. The summed E-state index contributed by atoms with van der Waals surface area (Å²) in [5.41, 5.74) is 32.3. The minimum Gasteiger partial charge on any atom is -0.399 e. The Hall–Kier alpha value is -5.08. The molecule has 0 unspecified atom stereocenters. The molecule has 0 atom stereocenters. The largest absolute Gasteiger partial charge is 0.399 e. The zero-order valence-corrected chi connectivity index (χ0v) is 19.6. The molecule has 12 N–H and O–H groups in total. The number of benzene rings is 4. The number of hydrogen-bond acceptors (Lipinski definition) is 7. The van der Waals surface area contributed by atoms with Crippen LogP contribution in [-0.2, 0) is 0 Å². The molecule has 0 saturated carbocycles. The second kappa shape index (κ2) is 9.28. The van der Waals surface area contributed by atoms with E-state index in [0.717, 1.165) is 44.3 Å². The Morgan fingerprint density at radius 3 is 1.81 bits per heavy atom. The number of hydrazine groups is 1. The van der Waals surface area contributed by atoms with Crippen molar-refractivity contribution < 1.29 is 0 Å². The molecule has 4 aromatic carbocycles. The Balaban J connectivity index is 1.45. The highest BCUT2D eigenvalue weighted by Gasteiger charge is 2.09. The maximum Gasteiger partial charge on any atom is 0.0570 e. The van der Waals surface area contributed by atoms with E-state index in [-0.39, 0.29) is 0 Å². The average molecular weight is 477 g/mol. The molecule has 8 nitrogen and oxygen atoms in total. The number of aromatic amines is 1. The van der Waals surface area contributed by atoms with Gasteiger partial charge in [-0.3, -0.25) is 5.01 Å². The molecule has 0 aliphatic rings. The molecule has 0 saturated heterocycles. The van der Waals surface area contributed by atoms with E-state index < -0.39 is 0 Å². The van der Waals surface area contributed by atoms with E-state index in [2.05, 4.69) is 16.4 Å². The maximum atomic E-state index is 6.41. The summed E-state index contributed by atoms with van der Waals surface area (Å²) in [6, 6.07) is 26.8. The highest BCUT2D eigenvalue weighted by Crippen LogP contribution is 2.30. The molecular weight excluding hydrogens is 448 g/mol. The first-order valence-electron chi connectivity index (χ1n) is 11.4. The Labute approximate surface area is 208 Å². The number of anilines is 4. The Morgan fingerprint density at radius 2 is 1.22 bits per heavy atom. The molecule has 1 heterocycles. The van der Waals surface area contributed by atoms with Crippen LogP contribution in [-0.4, -0.2) is 4.98 Å². The first-order valence-corrected chi connectivity index (χ1v) is 11.4. The van der Waals surface area contributed by atoms with Crippen LogP contribution >= 0.6 is 0 Å². The van der Waals surface area contributed by atoms with Gasteiger partial charge in [0, 0.05) is 51.3 Å². The Kier molecular flexibility index (Phi) is 5.85. The van der Waals surface area contributed by atoms with Crippen LogP contribution in [0.4, 0.5) is 22.7 Å². The van der Waals surface area contributed by atoms with E-state index in [1.54, 1.807) is 24.5 Å². The van der Waals surface area contributed by atoms with Gasteiger partial charge in [-0.25, -0.2) is 5.84 Å². The van der Waals surface area contributed by atoms with Crippen LogP contribution < -0.4 is 39.1 Å². The summed E-state index contributed by atoms with van der Waals surface area (Å²) >= 11 is 0. The molecule has 8 heteroatoms. The molecule has 0 radical (unpaired) electrons. The van der Waals surface area contributed by atoms with Crippen LogP contribution in [0.5, 0.6) is 0 Å². The van der Waals surface area contributed by atoms with Gasteiger partial charge in [0.1, 0.15) is 0 Å². The summed E-state index contributed by atoms with van der Waals surface area (Å²) in [4.78, 5) is 3.45. The minimum atomic E-state index is 0.536. The monoisotopic (exact) mass is 476 g/mol. The van der Waals surface area contributed by atoms with Crippen molar-refractivity contribution in [1.82, 2.24) is 4.98 Å². The minimum absolute atomic E-state index is 0.536. The van der Waals surface area contributed by atoms with Gasteiger partial charge >= 0.3 is 0 Å². The average Bonchev–Trinajstić information content (AvgIpc) is 3.25. The number of nitrogens with two attached hydrogens (primary N) is 5. The van der Waals surface area contributed by atoms with Gasteiger partial charge in [-0.15, -0.1) is 0 Å². The first-order chi connectivity index (χ1) is 17.4. The van der Waals surface area contributed by atoms with E-state index in [1.165, 1.54) is 5.01 Å². The standard InChI is InChI=1S/C28H28N8/c29-19-3-7-21(8-4-19)34-15-25(31)17-1-11-27-23(13-17)24-14-18(2-12-28(24)35-27)26(32)16-36(33)22-9-5-20(30)6-10-22/h1-16,34-35H,29-33H2/b25-15-,26-16-. The van der Waals surface area contributed by atoms with Gasteiger partial charge in [0.25, 0.3) is 0 Å². The second-order valence-electron chi connectivity index (χ2n) is 8.59. The smallest absolute Gasteiger partial charge is 0.0570 e. The van der Waals surface area contributed by atoms with Crippen molar-refractivity contribution in [3.05, 3.63) is 108 Å². The van der Waals surface area contributed by atoms with Crippen LogP contribution in [0.1, 0.15) is 11.1 Å². The van der Waals surface area contributed by atoms with Crippen molar-refractivity contribution in [3.63, 3.8) is 0 Å². The molecule has 0 bridgehead atoms. The van der Waals surface area contributed by atoms with Gasteiger partial charge < -0.3 is 33.2 Å². The predicted octanol–water partition coefficient (Wildman–Crippen LogP) is 4.49. The van der Waals surface area contributed by atoms with E-state index in [9.17, 15) is 0 Å². The fraction of sp³-hybridized carbons (Fsp3) is 0. The summed E-state index contributed by atoms with van der Waals surface area (Å²) in [5.74, 6) is 6.20. The number of hydrogen-bond donors (Lipinski definition) is 7. The number of nitrogens with zero attached hydrogens (tertiary/aromatic N) is 1. The molecule has 0 aliphatic heterocycles. The van der Waals surface area contributed by atoms with Gasteiger partial charge in [0.2, 0.25) is 0 Å². The lowest BCUT2D eigenvalue weighted by molar-refractivity contribution is 1.08. The van der Waals surface area contributed by atoms with Gasteiger partial charge in [0.15, 0.2) is 0 Å². The number of aromatic nitrogens is 1. The number of nitrogen functional groups attached to an aromatic ring is 2. The zero-order chi connectivity index (χ0) is 25.2.